The van der Waals surface area contributed by atoms with Crippen molar-refractivity contribution in [3.8, 4) is 5.69 Å². The van der Waals surface area contributed by atoms with Gasteiger partial charge in [0.05, 0.1) is 22.5 Å². The van der Waals surface area contributed by atoms with Gasteiger partial charge < -0.3 is 4.52 Å². The van der Waals surface area contributed by atoms with Gasteiger partial charge in [-0.2, -0.15) is 13.2 Å². The third-order valence-electron chi connectivity index (χ3n) is 8.19. The van der Waals surface area contributed by atoms with E-state index in [2.05, 4.69) is 10.1 Å². The maximum atomic E-state index is 14.2. The topological polar surface area (TPSA) is 55.7 Å². The number of aromatic nitrogens is 3. The zero-order valence-electron chi connectivity index (χ0n) is 21.4. The summed E-state index contributed by atoms with van der Waals surface area (Å²) < 4.78 is 50.2. The molecule has 4 aromatic rings. The summed E-state index contributed by atoms with van der Waals surface area (Å²) in [6.07, 6.45) is 6.46. The van der Waals surface area contributed by atoms with Crippen LogP contribution >= 0.6 is 0 Å². The van der Waals surface area contributed by atoms with Crippen LogP contribution in [0.1, 0.15) is 72.4 Å². The van der Waals surface area contributed by atoms with Crippen molar-refractivity contribution >= 4 is 5.52 Å². The van der Waals surface area contributed by atoms with Gasteiger partial charge in [-0.3, -0.25) is 13.9 Å². The van der Waals surface area contributed by atoms with Crippen molar-refractivity contribution in [3.63, 3.8) is 0 Å². The van der Waals surface area contributed by atoms with E-state index in [0.29, 0.717) is 23.7 Å². The predicted octanol–water partition coefficient (Wildman–Crippen LogP) is 6.32. The summed E-state index contributed by atoms with van der Waals surface area (Å²) in [5.74, 6) is 0.421. The van der Waals surface area contributed by atoms with Crippen LogP contribution in [0.2, 0.25) is 0 Å². The number of pyridine rings is 1. The van der Waals surface area contributed by atoms with Crippen molar-refractivity contribution in [3.05, 3.63) is 87.4 Å². The Balaban J connectivity index is 1.43. The Morgan fingerprint density at radius 2 is 1.87 bits per heavy atom. The van der Waals surface area contributed by atoms with E-state index in [1.165, 1.54) is 16.8 Å². The minimum atomic E-state index is -4.58. The molecule has 0 radical (unpaired) electrons. The van der Waals surface area contributed by atoms with Crippen molar-refractivity contribution in [1.82, 2.24) is 19.0 Å². The lowest BCUT2D eigenvalue weighted by atomic mass is 9.71. The Morgan fingerprint density at radius 3 is 2.53 bits per heavy atom. The van der Waals surface area contributed by atoms with Gasteiger partial charge in [-0.1, -0.05) is 30.1 Å². The van der Waals surface area contributed by atoms with Crippen LogP contribution in [0.5, 0.6) is 0 Å². The Hall–Kier alpha value is -3.33. The lowest BCUT2D eigenvalue weighted by Gasteiger charge is -2.33. The predicted molar refractivity (Wildman–Crippen MR) is 138 cm³/mol. The third-order valence-corrected chi connectivity index (χ3v) is 8.19. The third kappa shape index (κ3) is 4.57. The number of aryl methyl sites for hydroxylation is 1. The molecule has 1 aromatic carbocycles. The van der Waals surface area contributed by atoms with E-state index in [1.54, 1.807) is 18.5 Å². The molecule has 1 unspecified atom stereocenters. The Morgan fingerprint density at radius 1 is 1.08 bits per heavy atom. The van der Waals surface area contributed by atoms with Crippen LogP contribution in [-0.4, -0.2) is 32.1 Å². The first-order valence-corrected chi connectivity index (χ1v) is 13.4. The second-order valence-corrected chi connectivity index (χ2v) is 10.8. The highest BCUT2D eigenvalue weighted by molar-refractivity contribution is 5.58. The molecule has 1 saturated heterocycles. The highest BCUT2D eigenvalue weighted by atomic mass is 19.4. The Labute approximate surface area is 218 Å². The van der Waals surface area contributed by atoms with Gasteiger partial charge >= 0.3 is 11.9 Å². The molecule has 1 saturated carbocycles. The average Bonchev–Trinajstić information content (AvgIpc) is 3.44. The summed E-state index contributed by atoms with van der Waals surface area (Å²) in [6.45, 7) is 4.07. The zero-order valence-corrected chi connectivity index (χ0v) is 21.4. The smallest absolute Gasteiger partial charge is 0.364 e. The molecule has 6 nitrogen and oxygen atoms in total. The molecule has 1 aliphatic carbocycles. The first-order chi connectivity index (χ1) is 18.3. The van der Waals surface area contributed by atoms with E-state index in [1.807, 2.05) is 25.1 Å². The standard InChI is InChI=1S/C29H31F3N4O2/c1-19-18-38-33-27(19)26(21-7-5-8-21)22-9-6-10-23(14-22)35-17-25-24(29(30,31)32)13-20(16-36(25)28(35)37)15-34-11-3-2-4-12-34/h6,9-10,13-14,16-18,21,26H,2-5,7-8,11-12,15H2,1H3. The van der Waals surface area contributed by atoms with Crippen LogP contribution in [0.25, 0.3) is 11.2 Å². The quantitative estimate of drug-likeness (QED) is 0.296. The van der Waals surface area contributed by atoms with Gasteiger partial charge in [0.1, 0.15) is 6.26 Å². The van der Waals surface area contributed by atoms with Gasteiger partial charge in [0.25, 0.3) is 0 Å². The number of hydrogen-bond acceptors (Lipinski definition) is 4. The van der Waals surface area contributed by atoms with E-state index < -0.39 is 17.4 Å². The summed E-state index contributed by atoms with van der Waals surface area (Å²) >= 11 is 0. The monoisotopic (exact) mass is 524 g/mol. The number of piperidine rings is 1. The summed E-state index contributed by atoms with van der Waals surface area (Å²) in [5.41, 5.74) is 2.41. The maximum Gasteiger partial charge on any atom is 0.418 e. The molecule has 1 atom stereocenters. The van der Waals surface area contributed by atoms with E-state index in [9.17, 15) is 18.0 Å². The normalized spacial score (nSPS) is 18.1. The van der Waals surface area contributed by atoms with Gasteiger partial charge in [-0.05, 0) is 80.9 Å². The fraction of sp³-hybridized carbons (Fsp3) is 0.448. The first-order valence-electron chi connectivity index (χ1n) is 13.4. The second-order valence-electron chi connectivity index (χ2n) is 10.8. The van der Waals surface area contributed by atoms with E-state index >= 15 is 0 Å². The number of likely N-dealkylation sites (tertiary alicyclic amines) is 1. The molecule has 0 N–H and O–H groups in total. The van der Waals surface area contributed by atoms with Crippen molar-refractivity contribution in [2.24, 2.45) is 5.92 Å². The van der Waals surface area contributed by atoms with Crippen LogP contribution in [0.15, 0.2) is 58.3 Å². The molecule has 0 amide bonds. The molecule has 9 heteroatoms. The lowest BCUT2D eigenvalue weighted by molar-refractivity contribution is -0.136. The summed E-state index contributed by atoms with van der Waals surface area (Å²) in [6, 6.07) is 8.72. The van der Waals surface area contributed by atoms with Crippen molar-refractivity contribution < 1.29 is 17.7 Å². The van der Waals surface area contributed by atoms with Crippen LogP contribution in [0.3, 0.4) is 0 Å². The van der Waals surface area contributed by atoms with E-state index in [0.717, 1.165) is 72.8 Å². The fourth-order valence-corrected chi connectivity index (χ4v) is 6.01. The van der Waals surface area contributed by atoms with Crippen molar-refractivity contribution in [1.29, 1.82) is 0 Å². The summed E-state index contributed by atoms with van der Waals surface area (Å²) in [5, 5.41) is 4.27. The lowest BCUT2D eigenvalue weighted by Crippen LogP contribution is -2.29. The molecule has 1 aliphatic heterocycles. The molecule has 3 aromatic heterocycles. The molecule has 200 valence electrons. The van der Waals surface area contributed by atoms with Gasteiger partial charge in [0, 0.05) is 30.4 Å². The molecule has 38 heavy (non-hydrogen) atoms. The Bertz CT molecular complexity index is 1510. The Kier molecular flexibility index (Phi) is 6.42. The van der Waals surface area contributed by atoms with Gasteiger partial charge in [-0.25, -0.2) is 4.79 Å². The summed E-state index contributed by atoms with van der Waals surface area (Å²) in [4.78, 5) is 15.7. The minimum absolute atomic E-state index is 0.0112. The van der Waals surface area contributed by atoms with Crippen molar-refractivity contribution in [2.45, 2.75) is 64.1 Å². The highest BCUT2D eigenvalue weighted by Crippen LogP contribution is 2.44. The fourth-order valence-electron chi connectivity index (χ4n) is 6.01. The number of rotatable bonds is 6. The number of hydrogen-bond donors (Lipinski definition) is 0. The number of benzene rings is 1. The van der Waals surface area contributed by atoms with E-state index in [-0.39, 0.29) is 11.4 Å². The van der Waals surface area contributed by atoms with Crippen LogP contribution < -0.4 is 5.69 Å². The largest absolute Gasteiger partial charge is 0.418 e. The number of nitrogens with zero attached hydrogens (tertiary/aromatic N) is 4. The van der Waals surface area contributed by atoms with Gasteiger partial charge in [0.2, 0.25) is 0 Å². The molecule has 2 aliphatic rings. The van der Waals surface area contributed by atoms with Crippen LogP contribution in [0.4, 0.5) is 13.2 Å². The first kappa shape index (κ1) is 25.0. The molecule has 4 heterocycles. The summed E-state index contributed by atoms with van der Waals surface area (Å²) in [7, 11) is 0. The molecule has 6 rings (SSSR count). The number of fused-ring (bicyclic) bond motifs is 1. The SMILES string of the molecule is Cc1conc1C(c1cccc(-n2cc3c(C(F)(F)F)cc(CN4CCCCC4)cn3c2=O)c1)C1CCC1. The molecular weight excluding hydrogens is 493 g/mol. The number of halogens is 3. The molecule has 2 fully saturated rings. The van der Waals surface area contributed by atoms with Crippen molar-refractivity contribution in [2.75, 3.05) is 13.1 Å². The molecule has 0 bridgehead atoms. The zero-order chi connectivity index (χ0) is 26.4. The van der Waals surface area contributed by atoms with Crippen LogP contribution in [0, 0.1) is 12.8 Å². The van der Waals surface area contributed by atoms with Crippen LogP contribution in [-0.2, 0) is 12.7 Å². The van der Waals surface area contributed by atoms with Gasteiger partial charge in [0.15, 0.2) is 0 Å². The minimum Gasteiger partial charge on any atom is -0.364 e. The van der Waals surface area contributed by atoms with E-state index in [4.69, 9.17) is 4.52 Å². The highest BCUT2D eigenvalue weighted by Gasteiger charge is 2.35. The average molecular weight is 525 g/mol. The van der Waals surface area contributed by atoms with Gasteiger partial charge in [-0.15, -0.1) is 0 Å². The maximum absolute atomic E-state index is 14.2. The number of imidazole rings is 1. The number of alkyl halides is 3. The molecular formula is C29H31F3N4O2. The molecule has 0 spiro atoms. The second kappa shape index (κ2) is 9.76.